The third kappa shape index (κ3) is 3.36. The molecule has 1 aliphatic rings. The molecule has 1 aliphatic carbocycles. The highest BCUT2D eigenvalue weighted by atomic mass is 35.5. The molecule has 1 aromatic carbocycles. The van der Waals surface area contributed by atoms with Gasteiger partial charge in [0.1, 0.15) is 16.2 Å². The molecule has 8 heteroatoms. The summed E-state index contributed by atoms with van der Waals surface area (Å²) >= 11 is 15.3. The molecule has 1 N–H and O–H groups in total. The second-order valence-corrected chi connectivity index (χ2v) is 8.51. The van der Waals surface area contributed by atoms with Gasteiger partial charge in [0.25, 0.3) is 0 Å². The number of amides is 1. The molecule has 25 heavy (non-hydrogen) atoms. The van der Waals surface area contributed by atoms with Crippen molar-refractivity contribution in [1.82, 2.24) is 9.97 Å². The van der Waals surface area contributed by atoms with Gasteiger partial charge in [-0.25, -0.2) is 9.97 Å². The van der Waals surface area contributed by atoms with Gasteiger partial charge >= 0.3 is 0 Å². The molecule has 4 rings (SSSR count). The van der Waals surface area contributed by atoms with Crippen LogP contribution in [0.3, 0.4) is 0 Å². The average molecular weight is 410 g/mol. The first-order chi connectivity index (χ1) is 12.1. The van der Waals surface area contributed by atoms with Gasteiger partial charge in [0.2, 0.25) is 5.91 Å². The summed E-state index contributed by atoms with van der Waals surface area (Å²) in [5.41, 5.74) is 1.80. The van der Waals surface area contributed by atoms with Crippen LogP contribution in [0.15, 0.2) is 29.6 Å². The van der Waals surface area contributed by atoms with Crippen LogP contribution in [0.2, 0.25) is 10.0 Å². The van der Waals surface area contributed by atoms with E-state index in [9.17, 15) is 4.79 Å². The number of anilines is 1. The Hall–Kier alpha value is -1.34. The molecule has 3 aromatic rings. The van der Waals surface area contributed by atoms with E-state index in [2.05, 4.69) is 15.3 Å². The fourth-order valence-corrected chi connectivity index (χ4v) is 5.55. The van der Waals surface area contributed by atoms with E-state index >= 15 is 0 Å². The molecule has 0 aliphatic heterocycles. The van der Waals surface area contributed by atoms with Crippen molar-refractivity contribution in [3.63, 3.8) is 0 Å². The fourth-order valence-electron chi connectivity index (χ4n) is 2.94. The first-order valence-corrected chi connectivity index (χ1v) is 10.3. The van der Waals surface area contributed by atoms with E-state index in [1.54, 1.807) is 35.9 Å². The molecular formula is C17H13Cl2N3OS2. The topological polar surface area (TPSA) is 54.9 Å². The molecule has 0 saturated carbocycles. The number of hydrogen-bond acceptors (Lipinski definition) is 5. The standard InChI is InChI=1S/C17H13Cl2N3OS2/c18-10-4-2-5-11(19)15(10)22-13(23)7-24-16-14-9-3-1-6-12(9)25-17(14)21-8-20-16/h2,4-5,8H,1,3,6-7H2,(H,22,23). The highest BCUT2D eigenvalue weighted by Crippen LogP contribution is 2.40. The van der Waals surface area contributed by atoms with Crippen LogP contribution in [0, 0.1) is 0 Å². The minimum atomic E-state index is -0.168. The number of aromatic nitrogens is 2. The lowest BCUT2D eigenvalue weighted by atomic mass is 10.2. The predicted octanol–water partition coefficient (Wildman–Crippen LogP) is 5.22. The summed E-state index contributed by atoms with van der Waals surface area (Å²) in [6, 6.07) is 5.13. The molecule has 0 spiro atoms. The molecule has 128 valence electrons. The van der Waals surface area contributed by atoms with Crippen LogP contribution in [0.5, 0.6) is 0 Å². The molecule has 4 nitrogen and oxygen atoms in total. The number of nitrogens with one attached hydrogen (secondary N) is 1. The summed E-state index contributed by atoms with van der Waals surface area (Å²) in [7, 11) is 0. The zero-order chi connectivity index (χ0) is 17.4. The number of para-hydroxylation sites is 1. The van der Waals surface area contributed by atoms with E-state index in [-0.39, 0.29) is 11.7 Å². The molecular weight excluding hydrogens is 397 g/mol. The number of aryl methyl sites for hydroxylation is 2. The first kappa shape index (κ1) is 17.1. The van der Waals surface area contributed by atoms with Crippen molar-refractivity contribution in [3.05, 3.63) is 45.0 Å². The van der Waals surface area contributed by atoms with E-state index in [0.717, 1.165) is 28.1 Å². The van der Waals surface area contributed by atoms with Gasteiger partial charge in [0.15, 0.2) is 0 Å². The van der Waals surface area contributed by atoms with Crippen molar-refractivity contribution in [2.45, 2.75) is 24.3 Å². The predicted molar refractivity (Wildman–Crippen MR) is 105 cm³/mol. The van der Waals surface area contributed by atoms with Crippen LogP contribution >= 0.6 is 46.3 Å². The van der Waals surface area contributed by atoms with Crippen molar-refractivity contribution in [2.75, 3.05) is 11.1 Å². The van der Waals surface area contributed by atoms with Crippen molar-refractivity contribution in [2.24, 2.45) is 0 Å². The quantitative estimate of drug-likeness (QED) is 0.474. The number of carbonyl (C=O) groups excluding carboxylic acids is 1. The van der Waals surface area contributed by atoms with Gasteiger partial charge in [0.05, 0.1) is 21.5 Å². The van der Waals surface area contributed by atoms with E-state index < -0.39 is 0 Å². The number of fused-ring (bicyclic) bond motifs is 3. The van der Waals surface area contributed by atoms with E-state index in [4.69, 9.17) is 23.2 Å². The zero-order valence-corrected chi connectivity index (χ0v) is 16.2. The van der Waals surface area contributed by atoms with Gasteiger partial charge in [-0.3, -0.25) is 4.79 Å². The minimum Gasteiger partial charge on any atom is -0.323 e. The normalized spacial score (nSPS) is 13.2. The number of hydrogen-bond donors (Lipinski definition) is 1. The van der Waals surface area contributed by atoms with Gasteiger partial charge in [-0.15, -0.1) is 11.3 Å². The van der Waals surface area contributed by atoms with Gasteiger partial charge in [-0.2, -0.15) is 0 Å². The fraction of sp³-hybridized carbons (Fsp3) is 0.235. The molecule has 1 amide bonds. The van der Waals surface area contributed by atoms with Gasteiger partial charge < -0.3 is 5.32 Å². The van der Waals surface area contributed by atoms with E-state index in [0.29, 0.717) is 15.7 Å². The van der Waals surface area contributed by atoms with E-state index in [1.807, 2.05) is 0 Å². The van der Waals surface area contributed by atoms with Crippen LogP contribution in [-0.2, 0) is 17.6 Å². The lowest BCUT2D eigenvalue weighted by Crippen LogP contribution is -2.14. The summed E-state index contributed by atoms with van der Waals surface area (Å²) in [5, 5.41) is 5.61. The molecule has 0 bridgehead atoms. The first-order valence-electron chi connectivity index (χ1n) is 7.75. The third-order valence-corrected chi connectivity index (χ3v) is 6.85. The van der Waals surface area contributed by atoms with Crippen LogP contribution in [-0.4, -0.2) is 21.6 Å². The minimum absolute atomic E-state index is 0.168. The Morgan fingerprint density at radius 3 is 2.84 bits per heavy atom. The summed E-state index contributed by atoms with van der Waals surface area (Å²) in [6.07, 6.45) is 4.93. The summed E-state index contributed by atoms with van der Waals surface area (Å²) < 4.78 is 0. The summed E-state index contributed by atoms with van der Waals surface area (Å²) in [6.45, 7) is 0. The van der Waals surface area contributed by atoms with Crippen LogP contribution in [0.4, 0.5) is 5.69 Å². The summed E-state index contributed by atoms with van der Waals surface area (Å²) in [5.74, 6) is 0.0665. The third-order valence-electron chi connectivity index (χ3n) is 4.03. The van der Waals surface area contributed by atoms with Gasteiger partial charge in [-0.05, 0) is 37.0 Å². The Morgan fingerprint density at radius 2 is 2.04 bits per heavy atom. The Morgan fingerprint density at radius 1 is 1.24 bits per heavy atom. The Bertz CT molecular complexity index is 954. The maximum atomic E-state index is 12.3. The maximum Gasteiger partial charge on any atom is 0.234 e. The number of rotatable bonds is 4. The number of nitrogens with zero attached hydrogens (tertiary/aromatic N) is 2. The van der Waals surface area contributed by atoms with Gasteiger partial charge in [-0.1, -0.05) is 41.0 Å². The lowest BCUT2D eigenvalue weighted by Gasteiger charge is -2.09. The van der Waals surface area contributed by atoms with E-state index in [1.165, 1.54) is 28.6 Å². The van der Waals surface area contributed by atoms with Crippen LogP contribution in [0.1, 0.15) is 16.9 Å². The van der Waals surface area contributed by atoms with Gasteiger partial charge in [0, 0.05) is 10.3 Å². The van der Waals surface area contributed by atoms with Crippen LogP contribution < -0.4 is 5.32 Å². The number of carbonyl (C=O) groups is 1. The molecule has 0 atom stereocenters. The zero-order valence-electron chi connectivity index (χ0n) is 13.0. The number of thioether (sulfide) groups is 1. The SMILES string of the molecule is O=C(CSc1ncnc2sc3c(c12)CCC3)Nc1c(Cl)cccc1Cl. The lowest BCUT2D eigenvalue weighted by molar-refractivity contribution is -0.113. The average Bonchev–Trinajstić information content (AvgIpc) is 3.17. The van der Waals surface area contributed by atoms with Crippen molar-refractivity contribution in [1.29, 1.82) is 0 Å². The second kappa shape index (κ2) is 7.11. The Balaban J connectivity index is 1.52. The second-order valence-electron chi connectivity index (χ2n) is 5.65. The van der Waals surface area contributed by atoms with Crippen molar-refractivity contribution in [3.8, 4) is 0 Å². The largest absolute Gasteiger partial charge is 0.323 e. The molecule has 0 saturated heterocycles. The number of thiophene rings is 1. The number of benzene rings is 1. The number of halogens is 2. The molecule has 0 unspecified atom stereocenters. The summed E-state index contributed by atoms with van der Waals surface area (Å²) in [4.78, 5) is 23.5. The monoisotopic (exact) mass is 409 g/mol. The van der Waals surface area contributed by atoms with Crippen molar-refractivity contribution < 1.29 is 4.79 Å². The molecule has 0 fully saturated rings. The Labute approximate surface area is 163 Å². The molecule has 0 radical (unpaired) electrons. The molecule has 2 aromatic heterocycles. The molecule has 2 heterocycles. The van der Waals surface area contributed by atoms with Crippen molar-refractivity contribution >= 4 is 68.1 Å². The highest BCUT2D eigenvalue weighted by Gasteiger charge is 2.21. The van der Waals surface area contributed by atoms with Crippen LogP contribution in [0.25, 0.3) is 10.2 Å². The highest BCUT2D eigenvalue weighted by molar-refractivity contribution is 8.00. The maximum absolute atomic E-state index is 12.3. The Kier molecular flexibility index (Phi) is 4.86. The smallest absolute Gasteiger partial charge is 0.234 e.